The van der Waals surface area contributed by atoms with Crippen molar-refractivity contribution in [2.45, 2.75) is 39.2 Å². The molecule has 17 heavy (non-hydrogen) atoms. The largest absolute Gasteiger partial charge is 0.444 e. The number of hydrogen-bond donors (Lipinski definition) is 2. The van der Waals surface area contributed by atoms with Gasteiger partial charge in [0.1, 0.15) is 5.60 Å². The van der Waals surface area contributed by atoms with Gasteiger partial charge in [0.05, 0.1) is 0 Å². The monoisotopic (exact) mass is 240 g/mol. The Labute approximate surface area is 103 Å². The van der Waals surface area contributed by atoms with Gasteiger partial charge in [-0.15, -0.1) is 0 Å². The molecule has 0 radical (unpaired) electrons. The van der Waals surface area contributed by atoms with Crippen LogP contribution in [0.3, 0.4) is 0 Å². The van der Waals surface area contributed by atoms with Crippen LogP contribution in [0.5, 0.6) is 0 Å². The maximum atomic E-state index is 11.5. The van der Waals surface area contributed by atoms with Crippen LogP contribution in [0.2, 0.25) is 0 Å². The molecule has 0 aromatic rings. The summed E-state index contributed by atoms with van der Waals surface area (Å²) < 4.78 is 5.23. The van der Waals surface area contributed by atoms with Crippen molar-refractivity contribution in [1.82, 2.24) is 10.6 Å². The van der Waals surface area contributed by atoms with Gasteiger partial charge in [-0.1, -0.05) is 0 Å². The minimum absolute atomic E-state index is 0.285. The molecule has 3 atom stereocenters. The number of nitrogens with one attached hydrogen (secondary N) is 2. The summed E-state index contributed by atoms with van der Waals surface area (Å²) in [4.78, 5) is 11.5. The molecule has 4 heteroatoms. The summed E-state index contributed by atoms with van der Waals surface area (Å²) in [5.41, 5.74) is -0.403. The molecule has 0 aromatic carbocycles. The molecule has 2 aliphatic rings. The van der Waals surface area contributed by atoms with Crippen LogP contribution in [0.1, 0.15) is 33.6 Å². The highest BCUT2D eigenvalue weighted by Crippen LogP contribution is 2.38. The zero-order chi connectivity index (χ0) is 12.5. The van der Waals surface area contributed by atoms with Gasteiger partial charge >= 0.3 is 6.09 Å². The van der Waals surface area contributed by atoms with E-state index in [2.05, 4.69) is 10.6 Å². The lowest BCUT2D eigenvalue weighted by Crippen LogP contribution is -2.35. The third kappa shape index (κ3) is 3.60. The standard InChI is InChI=1S/C13H24N2O2/c1-13(2,3)17-12(16)15-6-9-4-10-7-14-8-11(10)5-9/h9-11,14H,4-8H2,1-3H3,(H,15,16)/t9-,10+,11-. The van der Waals surface area contributed by atoms with Gasteiger partial charge in [0.2, 0.25) is 0 Å². The lowest BCUT2D eigenvalue weighted by atomic mass is 10.0. The van der Waals surface area contributed by atoms with Crippen molar-refractivity contribution in [1.29, 1.82) is 0 Å². The van der Waals surface area contributed by atoms with Crippen molar-refractivity contribution in [2.24, 2.45) is 17.8 Å². The second-order valence-corrected chi connectivity index (χ2v) is 6.40. The molecule has 0 aromatic heterocycles. The Morgan fingerprint density at radius 1 is 1.29 bits per heavy atom. The van der Waals surface area contributed by atoms with Crippen molar-refractivity contribution >= 4 is 6.09 Å². The van der Waals surface area contributed by atoms with Crippen LogP contribution in [0.15, 0.2) is 0 Å². The Kier molecular flexibility index (Phi) is 3.61. The first-order valence-corrected chi connectivity index (χ1v) is 6.61. The van der Waals surface area contributed by atoms with Gasteiger partial charge in [0.25, 0.3) is 0 Å². The van der Waals surface area contributed by atoms with Crippen molar-refractivity contribution in [3.8, 4) is 0 Å². The number of carbonyl (C=O) groups excluding carboxylic acids is 1. The normalized spacial score (nSPS) is 32.3. The third-order valence-electron chi connectivity index (χ3n) is 3.69. The molecule has 1 saturated heterocycles. The Morgan fingerprint density at radius 2 is 1.88 bits per heavy atom. The van der Waals surface area contributed by atoms with Crippen LogP contribution < -0.4 is 10.6 Å². The molecule has 1 saturated carbocycles. The second kappa shape index (κ2) is 4.84. The maximum Gasteiger partial charge on any atom is 0.407 e. The Bertz CT molecular complexity index is 274. The highest BCUT2D eigenvalue weighted by atomic mass is 16.6. The van der Waals surface area contributed by atoms with E-state index in [1.807, 2.05) is 20.8 Å². The summed E-state index contributed by atoms with van der Waals surface area (Å²) in [7, 11) is 0. The molecule has 1 amide bonds. The van der Waals surface area contributed by atoms with Crippen molar-refractivity contribution in [3.05, 3.63) is 0 Å². The molecule has 0 bridgehead atoms. The second-order valence-electron chi connectivity index (χ2n) is 6.40. The number of rotatable bonds is 2. The van der Waals surface area contributed by atoms with E-state index in [0.29, 0.717) is 5.92 Å². The first-order valence-electron chi connectivity index (χ1n) is 6.61. The van der Waals surface area contributed by atoms with Gasteiger partial charge in [0.15, 0.2) is 0 Å². The number of hydrogen-bond acceptors (Lipinski definition) is 3. The number of ether oxygens (including phenoxy) is 1. The van der Waals surface area contributed by atoms with E-state index >= 15 is 0 Å². The topological polar surface area (TPSA) is 50.4 Å². The predicted octanol–water partition coefficient (Wildman–Crippen LogP) is 1.76. The minimum Gasteiger partial charge on any atom is -0.444 e. The van der Waals surface area contributed by atoms with Crippen LogP contribution in [0, 0.1) is 17.8 Å². The summed E-state index contributed by atoms with van der Waals surface area (Å²) in [6.45, 7) is 8.75. The van der Waals surface area contributed by atoms with E-state index in [9.17, 15) is 4.79 Å². The van der Waals surface area contributed by atoms with Gasteiger partial charge in [-0.3, -0.25) is 0 Å². The van der Waals surface area contributed by atoms with Crippen LogP contribution in [0.25, 0.3) is 0 Å². The van der Waals surface area contributed by atoms with Crippen molar-refractivity contribution in [3.63, 3.8) is 0 Å². The van der Waals surface area contributed by atoms with Gasteiger partial charge in [-0.05, 0) is 64.5 Å². The Morgan fingerprint density at radius 3 is 2.41 bits per heavy atom. The van der Waals surface area contributed by atoms with E-state index in [-0.39, 0.29) is 6.09 Å². The van der Waals surface area contributed by atoms with Crippen molar-refractivity contribution in [2.75, 3.05) is 19.6 Å². The highest BCUT2D eigenvalue weighted by molar-refractivity contribution is 5.67. The molecule has 1 aliphatic carbocycles. The number of amides is 1. The number of carbonyl (C=O) groups is 1. The van der Waals surface area contributed by atoms with E-state index in [0.717, 1.165) is 31.5 Å². The fourth-order valence-electron chi connectivity index (χ4n) is 3.00. The molecule has 2 N–H and O–H groups in total. The lowest BCUT2D eigenvalue weighted by molar-refractivity contribution is 0.0519. The van der Waals surface area contributed by atoms with E-state index in [1.165, 1.54) is 12.8 Å². The zero-order valence-corrected chi connectivity index (χ0v) is 11.1. The number of alkyl carbamates (subject to hydrolysis) is 1. The molecule has 98 valence electrons. The molecule has 1 heterocycles. The molecule has 2 rings (SSSR count). The highest BCUT2D eigenvalue weighted by Gasteiger charge is 2.37. The molecular weight excluding hydrogens is 216 g/mol. The van der Waals surface area contributed by atoms with Crippen LogP contribution in [-0.4, -0.2) is 31.3 Å². The quantitative estimate of drug-likeness (QED) is 0.773. The van der Waals surface area contributed by atoms with Crippen LogP contribution in [-0.2, 0) is 4.74 Å². The fraction of sp³-hybridized carbons (Fsp3) is 0.923. The summed E-state index contributed by atoms with van der Waals surface area (Å²) >= 11 is 0. The Balaban J connectivity index is 1.68. The average Bonchev–Trinajstić information content (AvgIpc) is 2.70. The van der Waals surface area contributed by atoms with E-state index in [1.54, 1.807) is 0 Å². The molecule has 0 spiro atoms. The van der Waals surface area contributed by atoms with Crippen molar-refractivity contribution < 1.29 is 9.53 Å². The molecular formula is C13H24N2O2. The molecule has 2 fully saturated rings. The van der Waals surface area contributed by atoms with Crippen LogP contribution >= 0.6 is 0 Å². The number of fused-ring (bicyclic) bond motifs is 1. The first-order chi connectivity index (χ1) is 7.94. The predicted molar refractivity (Wildman–Crippen MR) is 66.8 cm³/mol. The zero-order valence-electron chi connectivity index (χ0n) is 11.1. The SMILES string of the molecule is CC(C)(C)OC(=O)NC[C@@H]1C[C@H]2CNC[C@H]2C1. The summed E-state index contributed by atoms with van der Waals surface area (Å²) in [6.07, 6.45) is 2.20. The summed E-state index contributed by atoms with van der Waals surface area (Å²) in [6, 6.07) is 0. The Hall–Kier alpha value is -0.770. The summed E-state index contributed by atoms with van der Waals surface area (Å²) in [5.74, 6) is 2.31. The lowest BCUT2D eigenvalue weighted by Gasteiger charge is -2.20. The van der Waals surface area contributed by atoms with E-state index < -0.39 is 5.60 Å². The molecule has 4 nitrogen and oxygen atoms in total. The maximum absolute atomic E-state index is 11.5. The fourth-order valence-corrected chi connectivity index (χ4v) is 3.00. The first kappa shape index (κ1) is 12.7. The molecule has 1 aliphatic heterocycles. The van der Waals surface area contributed by atoms with Crippen LogP contribution in [0.4, 0.5) is 4.79 Å². The van der Waals surface area contributed by atoms with Gasteiger partial charge < -0.3 is 15.4 Å². The van der Waals surface area contributed by atoms with E-state index in [4.69, 9.17) is 4.74 Å². The van der Waals surface area contributed by atoms with Gasteiger partial charge in [-0.2, -0.15) is 0 Å². The minimum atomic E-state index is -0.403. The molecule has 0 unspecified atom stereocenters. The van der Waals surface area contributed by atoms with Gasteiger partial charge in [-0.25, -0.2) is 4.79 Å². The third-order valence-corrected chi connectivity index (χ3v) is 3.69. The average molecular weight is 240 g/mol. The smallest absolute Gasteiger partial charge is 0.407 e. The van der Waals surface area contributed by atoms with Gasteiger partial charge in [0, 0.05) is 6.54 Å². The summed E-state index contributed by atoms with van der Waals surface area (Å²) in [5, 5.41) is 6.32.